The van der Waals surface area contributed by atoms with Crippen LogP contribution in [0.3, 0.4) is 0 Å². The molecule has 0 unspecified atom stereocenters. The summed E-state index contributed by atoms with van der Waals surface area (Å²) in [6.45, 7) is 2.49. The van der Waals surface area contributed by atoms with Crippen molar-refractivity contribution in [2.75, 3.05) is 19.8 Å². The van der Waals surface area contributed by atoms with Crippen molar-refractivity contribution in [1.82, 2.24) is 10.3 Å². The second-order valence-electron chi connectivity index (χ2n) is 3.00. The topological polar surface area (TPSA) is 34.1 Å². The van der Waals surface area contributed by atoms with Gasteiger partial charge in [-0.2, -0.15) is 0 Å². The molecule has 4 heteroatoms. The van der Waals surface area contributed by atoms with Gasteiger partial charge in [0.25, 0.3) is 0 Å². The molecule has 13 heavy (non-hydrogen) atoms. The fraction of sp³-hybridized carbons (Fsp3) is 0.444. The molecule has 1 atom stereocenters. The minimum absolute atomic E-state index is 0.318. The SMILES string of the molecule is Ic1ccc([C@@H]2COCCN2)cn1. The second kappa shape index (κ2) is 4.34. The Labute approximate surface area is 91.0 Å². The van der Waals surface area contributed by atoms with Crippen LogP contribution in [-0.4, -0.2) is 24.7 Å². The number of hydrogen-bond donors (Lipinski definition) is 1. The van der Waals surface area contributed by atoms with Crippen LogP contribution < -0.4 is 5.32 Å². The number of rotatable bonds is 1. The van der Waals surface area contributed by atoms with Crippen molar-refractivity contribution in [3.63, 3.8) is 0 Å². The fourth-order valence-corrected chi connectivity index (χ4v) is 1.69. The molecular formula is C9H11IN2O. The first-order chi connectivity index (χ1) is 6.36. The van der Waals surface area contributed by atoms with Gasteiger partial charge in [0.2, 0.25) is 0 Å². The van der Waals surface area contributed by atoms with Crippen molar-refractivity contribution in [2.45, 2.75) is 6.04 Å². The predicted octanol–water partition coefficient (Wildman–Crippen LogP) is 1.35. The van der Waals surface area contributed by atoms with E-state index in [0.29, 0.717) is 6.04 Å². The lowest BCUT2D eigenvalue weighted by atomic mass is 10.1. The summed E-state index contributed by atoms with van der Waals surface area (Å²) in [7, 11) is 0. The Morgan fingerprint density at radius 2 is 2.46 bits per heavy atom. The number of ether oxygens (including phenoxy) is 1. The number of pyridine rings is 1. The number of morpholine rings is 1. The van der Waals surface area contributed by atoms with Gasteiger partial charge < -0.3 is 10.1 Å². The van der Waals surface area contributed by atoms with E-state index < -0.39 is 0 Å². The van der Waals surface area contributed by atoms with E-state index in [0.717, 1.165) is 23.5 Å². The van der Waals surface area contributed by atoms with Gasteiger partial charge >= 0.3 is 0 Å². The molecule has 1 aliphatic heterocycles. The lowest BCUT2D eigenvalue weighted by Gasteiger charge is -2.23. The van der Waals surface area contributed by atoms with E-state index in [-0.39, 0.29) is 0 Å². The molecule has 1 aliphatic rings. The summed E-state index contributed by atoms with van der Waals surface area (Å²) in [6.07, 6.45) is 1.91. The van der Waals surface area contributed by atoms with Gasteiger partial charge in [0.1, 0.15) is 3.70 Å². The van der Waals surface area contributed by atoms with Gasteiger partial charge in [-0.25, -0.2) is 4.98 Å². The molecule has 0 aromatic carbocycles. The third kappa shape index (κ3) is 2.38. The first kappa shape index (κ1) is 9.36. The molecular weight excluding hydrogens is 279 g/mol. The molecule has 70 valence electrons. The van der Waals surface area contributed by atoms with Crippen molar-refractivity contribution in [1.29, 1.82) is 0 Å². The van der Waals surface area contributed by atoms with Crippen molar-refractivity contribution < 1.29 is 4.74 Å². The summed E-state index contributed by atoms with van der Waals surface area (Å²) >= 11 is 2.20. The zero-order valence-corrected chi connectivity index (χ0v) is 9.32. The Morgan fingerprint density at radius 1 is 1.54 bits per heavy atom. The Bertz CT molecular complexity index is 269. The van der Waals surface area contributed by atoms with Crippen LogP contribution >= 0.6 is 22.6 Å². The molecule has 0 aliphatic carbocycles. The van der Waals surface area contributed by atoms with Gasteiger partial charge in [-0.3, -0.25) is 0 Å². The molecule has 2 heterocycles. The molecule has 0 bridgehead atoms. The van der Waals surface area contributed by atoms with Crippen LogP contribution in [0.5, 0.6) is 0 Å². The van der Waals surface area contributed by atoms with E-state index in [1.165, 1.54) is 5.56 Å². The van der Waals surface area contributed by atoms with E-state index in [2.05, 4.69) is 39.0 Å². The summed E-state index contributed by atoms with van der Waals surface area (Å²) in [6, 6.07) is 4.44. The molecule has 0 radical (unpaired) electrons. The fourth-order valence-electron chi connectivity index (χ4n) is 1.37. The van der Waals surface area contributed by atoms with E-state index in [1.807, 2.05) is 12.3 Å². The Balaban J connectivity index is 2.10. The molecule has 1 N–H and O–H groups in total. The first-order valence-corrected chi connectivity index (χ1v) is 5.37. The molecule has 1 saturated heterocycles. The molecule has 0 saturated carbocycles. The molecule has 0 spiro atoms. The second-order valence-corrected chi connectivity index (χ2v) is 4.10. The zero-order chi connectivity index (χ0) is 9.10. The zero-order valence-electron chi connectivity index (χ0n) is 7.16. The number of halogens is 1. The predicted molar refractivity (Wildman–Crippen MR) is 58.5 cm³/mol. The average Bonchev–Trinajstić information content (AvgIpc) is 2.20. The molecule has 2 rings (SSSR count). The van der Waals surface area contributed by atoms with Gasteiger partial charge in [0.15, 0.2) is 0 Å². The molecule has 1 aromatic rings. The summed E-state index contributed by atoms with van der Waals surface area (Å²) in [5.74, 6) is 0. The third-order valence-corrected chi connectivity index (χ3v) is 2.71. The summed E-state index contributed by atoms with van der Waals surface area (Å²) in [5.41, 5.74) is 1.21. The summed E-state index contributed by atoms with van der Waals surface area (Å²) in [5, 5.41) is 3.39. The third-order valence-electron chi connectivity index (χ3n) is 2.07. The van der Waals surface area contributed by atoms with Crippen molar-refractivity contribution >= 4 is 22.6 Å². The smallest absolute Gasteiger partial charge is 0.101 e. The van der Waals surface area contributed by atoms with Crippen molar-refractivity contribution in [3.8, 4) is 0 Å². The monoisotopic (exact) mass is 290 g/mol. The van der Waals surface area contributed by atoms with Crippen LogP contribution in [0.1, 0.15) is 11.6 Å². The van der Waals surface area contributed by atoms with E-state index >= 15 is 0 Å². The Hall–Kier alpha value is -0.200. The van der Waals surface area contributed by atoms with Gasteiger partial charge in [0.05, 0.1) is 19.3 Å². The van der Waals surface area contributed by atoms with Crippen molar-refractivity contribution in [2.24, 2.45) is 0 Å². The molecule has 1 fully saturated rings. The van der Waals surface area contributed by atoms with Gasteiger partial charge in [-0.15, -0.1) is 0 Å². The normalized spacial score (nSPS) is 23.0. The minimum Gasteiger partial charge on any atom is -0.378 e. The highest BCUT2D eigenvalue weighted by atomic mass is 127. The Kier molecular flexibility index (Phi) is 3.13. The average molecular weight is 290 g/mol. The largest absolute Gasteiger partial charge is 0.378 e. The highest BCUT2D eigenvalue weighted by Crippen LogP contribution is 2.15. The standard InChI is InChI=1S/C9H11IN2O/c10-9-2-1-7(5-12-9)8-6-13-4-3-11-8/h1-2,5,8,11H,3-4,6H2/t8-/m0/s1. The molecule has 0 amide bonds. The van der Waals surface area contributed by atoms with E-state index in [4.69, 9.17) is 4.74 Å². The molecule has 3 nitrogen and oxygen atoms in total. The van der Waals surface area contributed by atoms with Crippen LogP contribution in [0.4, 0.5) is 0 Å². The lowest BCUT2D eigenvalue weighted by molar-refractivity contribution is 0.0768. The Morgan fingerprint density at radius 3 is 3.08 bits per heavy atom. The van der Waals surface area contributed by atoms with Gasteiger partial charge in [-0.05, 0) is 34.2 Å². The van der Waals surface area contributed by atoms with Crippen LogP contribution in [0.2, 0.25) is 0 Å². The van der Waals surface area contributed by atoms with Crippen LogP contribution in [0, 0.1) is 3.70 Å². The lowest BCUT2D eigenvalue weighted by Crippen LogP contribution is -2.34. The molecule has 1 aromatic heterocycles. The van der Waals surface area contributed by atoms with Crippen LogP contribution in [0.25, 0.3) is 0 Å². The summed E-state index contributed by atoms with van der Waals surface area (Å²) in [4.78, 5) is 4.25. The van der Waals surface area contributed by atoms with Crippen molar-refractivity contribution in [3.05, 3.63) is 27.6 Å². The highest BCUT2D eigenvalue weighted by Gasteiger charge is 2.14. The maximum atomic E-state index is 5.37. The number of hydrogen-bond acceptors (Lipinski definition) is 3. The number of aromatic nitrogens is 1. The maximum absolute atomic E-state index is 5.37. The maximum Gasteiger partial charge on any atom is 0.101 e. The number of nitrogens with one attached hydrogen (secondary N) is 1. The first-order valence-electron chi connectivity index (χ1n) is 4.29. The van der Waals surface area contributed by atoms with Gasteiger partial charge in [-0.1, -0.05) is 6.07 Å². The summed E-state index contributed by atoms with van der Waals surface area (Å²) < 4.78 is 6.40. The van der Waals surface area contributed by atoms with E-state index in [1.54, 1.807) is 0 Å². The van der Waals surface area contributed by atoms with Crippen LogP contribution in [0.15, 0.2) is 18.3 Å². The van der Waals surface area contributed by atoms with Crippen LogP contribution in [-0.2, 0) is 4.74 Å². The number of nitrogens with zero attached hydrogens (tertiary/aromatic N) is 1. The van der Waals surface area contributed by atoms with E-state index in [9.17, 15) is 0 Å². The quantitative estimate of drug-likeness (QED) is 0.626. The van der Waals surface area contributed by atoms with Gasteiger partial charge in [0, 0.05) is 12.7 Å². The highest BCUT2D eigenvalue weighted by molar-refractivity contribution is 14.1. The minimum atomic E-state index is 0.318.